The number of fused-ring (bicyclic) bond motifs is 2. The van der Waals surface area contributed by atoms with E-state index >= 15 is 0 Å². The van der Waals surface area contributed by atoms with Crippen LogP contribution in [0.4, 0.5) is 8.78 Å². The van der Waals surface area contributed by atoms with E-state index in [9.17, 15) is 23.2 Å². The summed E-state index contributed by atoms with van der Waals surface area (Å²) in [7, 11) is 0. The number of benzene rings is 2. The zero-order chi connectivity index (χ0) is 25.2. The zero-order valence-electron chi connectivity index (χ0n) is 18.4. The van der Waals surface area contributed by atoms with Crippen molar-refractivity contribution in [2.24, 2.45) is 5.92 Å². The lowest BCUT2D eigenvalue weighted by Gasteiger charge is -2.37. The van der Waals surface area contributed by atoms with Crippen molar-refractivity contribution in [3.8, 4) is 11.5 Å². The van der Waals surface area contributed by atoms with Gasteiger partial charge in [-0.05, 0) is 49.4 Å². The molecule has 2 amide bonds. The standard InChI is InChI=1S/C24H22Cl2F2N2O5/c25-16-3-1-14(7-18(16)27)34-11-21(32)29-23-13-5-6-24(9-13,10-20(23)31)30-22(33)12-35-15-2-4-17(26)19(28)8-15/h1-4,7-8,13,23H,5-6,9-12H2,(H,29,32)(H,30,33)/t13-,23-,24-/m1/s1. The lowest BCUT2D eigenvalue weighted by Crippen LogP contribution is -2.57. The van der Waals surface area contributed by atoms with Crippen LogP contribution < -0.4 is 20.1 Å². The molecule has 186 valence electrons. The number of hydrogen-bond acceptors (Lipinski definition) is 5. The summed E-state index contributed by atoms with van der Waals surface area (Å²) >= 11 is 11.3. The van der Waals surface area contributed by atoms with Crippen molar-refractivity contribution in [3.05, 3.63) is 58.1 Å². The molecule has 35 heavy (non-hydrogen) atoms. The Morgan fingerprint density at radius 2 is 1.54 bits per heavy atom. The number of ether oxygens (including phenoxy) is 2. The molecule has 2 N–H and O–H groups in total. The third-order valence-electron chi connectivity index (χ3n) is 6.22. The Morgan fingerprint density at radius 1 is 0.971 bits per heavy atom. The predicted octanol–water partition coefficient (Wildman–Crippen LogP) is 3.84. The molecule has 0 aromatic heterocycles. The molecule has 2 aromatic carbocycles. The summed E-state index contributed by atoms with van der Waals surface area (Å²) in [5.74, 6) is -2.28. The quantitative estimate of drug-likeness (QED) is 0.545. The molecule has 0 radical (unpaired) electrons. The van der Waals surface area contributed by atoms with E-state index in [2.05, 4.69) is 10.6 Å². The third kappa shape index (κ3) is 6.02. The van der Waals surface area contributed by atoms with Crippen LogP contribution >= 0.6 is 23.2 Å². The summed E-state index contributed by atoms with van der Waals surface area (Å²) in [5.41, 5.74) is -0.702. The normalized spacial score (nSPS) is 23.0. The molecule has 11 heteroatoms. The van der Waals surface area contributed by atoms with Gasteiger partial charge in [-0.1, -0.05) is 23.2 Å². The highest BCUT2D eigenvalue weighted by atomic mass is 35.5. The van der Waals surface area contributed by atoms with Gasteiger partial charge in [-0.15, -0.1) is 0 Å². The van der Waals surface area contributed by atoms with Gasteiger partial charge in [0, 0.05) is 24.1 Å². The van der Waals surface area contributed by atoms with E-state index in [4.69, 9.17) is 32.7 Å². The summed E-state index contributed by atoms with van der Waals surface area (Å²) < 4.78 is 37.6. The molecule has 0 unspecified atom stereocenters. The van der Waals surface area contributed by atoms with Gasteiger partial charge in [0.25, 0.3) is 11.8 Å². The largest absolute Gasteiger partial charge is 0.484 e. The van der Waals surface area contributed by atoms with Gasteiger partial charge in [0.2, 0.25) is 0 Å². The molecular weight excluding hydrogens is 505 g/mol. The Labute approximate surface area is 210 Å². The maximum Gasteiger partial charge on any atom is 0.258 e. The minimum atomic E-state index is -0.702. The van der Waals surface area contributed by atoms with Gasteiger partial charge in [0.05, 0.1) is 16.1 Å². The fourth-order valence-electron chi connectivity index (χ4n) is 4.65. The molecule has 7 nitrogen and oxygen atoms in total. The Kier molecular flexibility index (Phi) is 7.47. The third-order valence-corrected chi connectivity index (χ3v) is 6.83. The number of nitrogens with one attached hydrogen (secondary N) is 2. The number of rotatable bonds is 8. The molecule has 2 aromatic rings. The summed E-state index contributed by atoms with van der Waals surface area (Å²) in [4.78, 5) is 37.6. The first-order valence-corrected chi connectivity index (χ1v) is 11.7. The second kappa shape index (κ2) is 10.4. The first kappa shape index (κ1) is 25.2. The van der Waals surface area contributed by atoms with Crippen LogP contribution in [0.3, 0.4) is 0 Å². The van der Waals surface area contributed by atoms with E-state index in [1.807, 2.05) is 0 Å². The van der Waals surface area contributed by atoms with Crippen LogP contribution in [0, 0.1) is 17.6 Å². The van der Waals surface area contributed by atoms with Gasteiger partial charge in [-0.2, -0.15) is 0 Å². The van der Waals surface area contributed by atoms with Crippen molar-refractivity contribution in [1.82, 2.24) is 10.6 Å². The van der Waals surface area contributed by atoms with Crippen molar-refractivity contribution in [2.45, 2.75) is 37.3 Å². The van der Waals surface area contributed by atoms with Crippen LogP contribution in [0.1, 0.15) is 25.7 Å². The first-order chi connectivity index (χ1) is 16.6. The summed E-state index contributed by atoms with van der Waals surface area (Å²) in [6.07, 6.45) is 1.81. The molecular formula is C24H22Cl2F2N2O5. The van der Waals surface area contributed by atoms with Crippen LogP contribution in [-0.4, -0.2) is 42.4 Å². The smallest absolute Gasteiger partial charge is 0.258 e. The molecule has 3 atom stereocenters. The monoisotopic (exact) mass is 526 g/mol. The maximum atomic E-state index is 13.5. The minimum Gasteiger partial charge on any atom is -0.484 e. The van der Waals surface area contributed by atoms with E-state index in [0.29, 0.717) is 19.3 Å². The summed E-state index contributed by atoms with van der Waals surface area (Å²) in [5, 5.41) is 5.49. The molecule has 0 saturated heterocycles. The minimum absolute atomic E-state index is 0.0505. The number of halogens is 4. The van der Waals surface area contributed by atoms with E-state index in [-0.39, 0.29) is 52.9 Å². The highest BCUT2D eigenvalue weighted by molar-refractivity contribution is 6.31. The fraction of sp³-hybridized carbons (Fsp3) is 0.375. The first-order valence-electron chi connectivity index (χ1n) is 10.9. The van der Waals surface area contributed by atoms with Crippen molar-refractivity contribution >= 4 is 40.8 Å². The number of amides is 2. The summed E-state index contributed by atoms with van der Waals surface area (Å²) in [6, 6.07) is 7.01. The fourth-order valence-corrected chi connectivity index (χ4v) is 4.89. The second-order valence-electron chi connectivity index (χ2n) is 8.75. The van der Waals surface area contributed by atoms with Gasteiger partial charge in [0.1, 0.15) is 23.1 Å². The van der Waals surface area contributed by atoms with E-state index < -0.39 is 35.0 Å². The van der Waals surface area contributed by atoms with Crippen LogP contribution in [0.15, 0.2) is 36.4 Å². The molecule has 0 aliphatic heterocycles. The highest BCUT2D eigenvalue weighted by Crippen LogP contribution is 2.44. The molecule has 2 saturated carbocycles. The van der Waals surface area contributed by atoms with E-state index in [1.54, 1.807) is 0 Å². The Hall–Kier alpha value is -2.91. The average molecular weight is 527 g/mol. The van der Waals surface area contributed by atoms with Crippen LogP contribution in [0.5, 0.6) is 11.5 Å². The molecule has 0 heterocycles. The van der Waals surface area contributed by atoms with Gasteiger partial charge >= 0.3 is 0 Å². The Bertz CT molecular complexity index is 1160. The molecule has 2 fully saturated rings. The van der Waals surface area contributed by atoms with Gasteiger partial charge in [-0.25, -0.2) is 8.78 Å². The molecule has 2 bridgehead atoms. The predicted molar refractivity (Wildman–Crippen MR) is 124 cm³/mol. The van der Waals surface area contributed by atoms with E-state index in [0.717, 1.165) is 12.1 Å². The topological polar surface area (TPSA) is 93.7 Å². The number of carbonyl (C=O) groups is 3. The number of hydrogen-bond donors (Lipinski definition) is 2. The number of carbonyl (C=O) groups excluding carboxylic acids is 3. The van der Waals surface area contributed by atoms with E-state index in [1.165, 1.54) is 24.3 Å². The SMILES string of the molecule is O=C(COc1ccc(Cl)c(F)c1)N[C@H]1C(=O)C[C@@]2(NC(=O)COc3ccc(Cl)c(F)c3)CC[C@@H]1C2. The highest BCUT2D eigenvalue weighted by Gasteiger charge is 2.51. The zero-order valence-corrected chi connectivity index (χ0v) is 19.9. The molecule has 0 spiro atoms. The number of Topliss-reactive ketones (excluding diaryl/α,β-unsaturated/α-hetero) is 1. The van der Waals surface area contributed by atoms with Crippen LogP contribution in [0.25, 0.3) is 0 Å². The van der Waals surface area contributed by atoms with Crippen molar-refractivity contribution in [1.29, 1.82) is 0 Å². The Balaban J connectivity index is 1.27. The van der Waals surface area contributed by atoms with Crippen LogP contribution in [-0.2, 0) is 14.4 Å². The maximum absolute atomic E-state index is 13.5. The van der Waals surface area contributed by atoms with Gasteiger partial charge < -0.3 is 20.1 Å². The Morgan fingerprint density at radius 3 is 2.11 bits per heavy atom. The average Bonchev–Trinajstić information content (AvgIpc) is 3.16. The molecule has 2 aliphatic rings. The lowest BCUT2D eigenvalue weighted by atomic mass is 9.79. The molecule has 4 rings (SSSR count). The second-order valence-corrected chi connectivity index (χ2v) is 9.56. The number of ketones is 1. The van der Waals surface area contributed by atoms with Gasteiger partial charge in [-0.3, -0.25) is 14.4 Å². The van der Waals surface area contributed by atoms with Crippen molar-refractivity contribution in [3.63, 3.8) is 0 Å². The summed E-state index contributed by atoms with van der Waals surface area (Å²) in [6.45, 7) is -0.730. The molecule has 2 aliphatic carbocycles. The van der Waals surface area contributed by atoms with Crippen molar-refractivity contribution < 1.29 is 32.6 Å². The van der Waals surface area contributed by atoms with Crippen molar-refractivity contribution in [2.75, 3.05) is 13.2 Å². The van der Waals surface area contributed by atoms with Crippen LogP contribution in [0.2, 0.25) is 10.0 Å². The van der Waals surface area contributed by atoms with Gasteiger partial charge in [0.15, 0.2) is 19.0 Å². The lowest BCUT2D eigenvalue weighted by molar-refractivity contribution is -0.133.